The molecule has 1 amide bonds. The van der Waals surface area contributed by atoms with Crippen LogP contribution in [0.1, 0.15) is 34.7 Å². The number of fused-ring (bicyclic) bond motifs is 1. The maximum absolute atomic E-state index is 12.3. The molecule has 27 heavy (non-hydrogen) atoms. The topological polar surface area (TPSA) is 123 Å². The van der Waals surface area contributed by atoms with Crippen molar-refractivity contribution in [1.29, 1.82) is 0 Å². The third-order valence-corrected chi connectivity index (χ3v) is 3.89. The van der Waals surface area contributed by atoms with Crippen molar-refractivity contribution < 1.29 is 14.3 Å². The third-order valence-electron chi connectivity index (χ3n) is 3.89. The van der Waals surface area contributed by atoms with Crippen LogP contribution in [0.5, 0.6) is 0 Å². The van der Waals surface area contributed by atoms with Crippen molar-refractivity contribution in [1.82, 2.24) is 20.3 Å². The lowest BCUT2D eigenvalue weighted by atomic mass is 10.1. The minimum atomic E-state index is -0.519. The highest BCUT2D eigenvalue weighted by Gasteiger charge is 2.16. The number of aromatic nitrogens is 3. The SMILES string of the molecule is COC(=O)c1ccc2cc(-c3cncc(C(=O)NCC(C)(C)N)n3)[nH]c2c1. The number of benzene rings is 1. The van der Waals surface area contributed by atoms with Gasteiger partial charge in [0.1, 0.15) is 11.4 Å². The fourth-order valence-electron chi connectivity index (χ4n) is 2.51. The molecule has 1 aromatic carbocycles. The number of nitrogens with two attached hydrogens (primary N) is 1. The predicted octanol–water partition coefficient (Wildman–Crippen LogP) is 1.88. The summed E-state index contributed by atoms with van der Waals surface area (Å²) in [6.07, 6.45) is 2.97. The highest BCUT2D eigenvalue weighted by Crippen LogP contribution is 2.23. The number of methoxy groups -OCH3 is 1. The fourth-order valence-corrected chi connectivity index (χ4v) is 2.51. The molecule has 3 rings (SSSR count). The van der Waals surface area contributed by atoms with Crippen LogP contribution in [0.3, 0.4) is 0 Å². The molecule has 0 aliphatic carbocycles. The normalized spacial score (nSPS) is 11.4. The Balaban J connectivity index is 1.88. The Morgan fingerprint density at radius 3 is 2.74 bits per heavy atom. The maximum Gasteiger partial charge on any atom is 0.337 e. The van der Waals surface area contributed by atoms with E-state index in [-0.39, 0.29) is 11.6 Å². The number of aromatic amines is 1. The second-order valence-corrected chi connectivity index (χ2v) is 6.94. The molecule has 0 fully saturated rings. The minimum absolute atomic E-state index is 0.200. The second kappa shape index (κ2) is 7.16. The molecule has 0 aliphatic heterocycles. The van der Waals surface area contributed by atoms with E-state index < -0.39 is 11.5 Å². The van der Waals surface area contributed by atoms with Crippen molar-refractivity contribution in [2.24, 2.45) is 5.73 Å². The lowest BCUT2D eigenvalue weighted by Gasteiger charge is -2.18. The molecule has 3 aromatic rings. The summed E-state index contributed by atoms with van der Waals surface area (Å²) in [6, 6.07) is 7.09. The van der Waals surface area contributed by atoms with Crippen LogP contribution in [0.4, 0.5) is 0 Å². The largest absolute Gasteiger partial charge is 0.465 e. The third kappa shape index (κ3) is 4.29. The summed E-state index contributed by atoms with van der Waals surface area (Å²) in [4.78, 5) is 35.6. The summed E-state index contributed by atoms with van der Waals surface area (Å²) in [5.74, 6) is -0.749. The Kier molecular flexibility index (Phi) is 4.91. The lowest BCUT2D eigenvalue weighted by molar-refractivity contribution is 0.0600. The number of esters is 1. The highest BCUT2D eigenvalue weighted by molar-refractivity contribution is 5.96. The molecular formula is C19H21N5O3. The molecule has 0 saturated heterocycles. The standard InChI is InChI=1S/C19H21N5O3/c1-19(2,20)10-22-17(25)16-9-21-8-15(24-16)14-6-11-4-5-12(18(26)27-3)7-13(11)23-14/h4-9,23H,10,20H2,1-3H3,(H,22,25). The summed E-state index contributed by atoms with van der Waals surface area (Å²) in [5, 5.41) is 3.64. The minimum Gasteiger partial charge on any atom is -0.465 e. The van der Waals surface area contributed by atoms with Gasteiger partial charge in [0.15, 0.2) is 0 Å². The molecule has 2 heterocycles. The van der Waals surface area contributed by atoms with Crippen molar-refractivity contribution in [3.05, 3.63) is 47.9 Å². The van der Waals surface area contributed by atoms with Gasteiger partial charge in [-0.3, -0.25) is 9.78 Å². The van der Waals surface area contributed by atoms with E-state index in [4.69, 9.17) is 10.5 Å². The van der Waals surface area contributed by atoms with Gasteiger partial charge in [0.05, 0.1) is 30.8 Å². The van der Waals surface area contributed by atoms with Crippen molar-refractivity contribution in [3.8, 4) is 11.4 Å². The molecule has 0 unspecified atom stereocenters. The van der Waals surface area contributed by atoms with E-state index in [2.05, 4.69) is 20.3 Å². The van der Waals surface area contributed by atoms with Gasteiger partial charge in [-0.2, -0.15) is 0 Å². The molecule has 8 nitrogen and oxygen atoms in total. The molecule has 8 heteroatoms. The van der Waals surface area contributed by atoms with E-state index in [1.807, 2.05) is 26.0 Å². The Hall–Kier alpha value is -3.26. The van der Waals surface area contributed by atoms with Crippen LogP contribution in [-0.2, 0) is 4.74 Å². The predicted molar refractivity (Wildman–Crippen MR) is 101 cm³/mol. The van der Waals surface area contributed by atoms with E-state index >= 15 is 0 Å². The van der Waals surface area contributed by atoms with Crippen molar-refractivity contribution in [2.45, 2.75) is 19.4 Å². The van der Waals surface area contributed by atoms with E-state index in [9.17, 15) is 9.59 Å². The Morgan fingerprint density at radius 2 is 2.04 bits per heavy atom. The first kappa shape index (κ1) is 18.5. The number of carbonyl (C=O) groups is 2. The maximum atomic E-state index is 12.3. The molecule has 0 saturated carbocycles. The van der Waals surface area contributed by atoms with Gasteiger partial charge < -0.3 is 20.8 Å². The molecular weight excluding hydrogens is 346 g/mol. The van der Waals surface area contributed by atoms with E-state index in [1.54, 1.807) is 18.3 Å². The van der Waals surface area contributed by atoms with Gasteiger partial charge in [-0.25, -0.2) is 9.78 Å². The fraction of sp³-hybridized carbons (Fsp3) is 0.263. The van der Waals surface area contributed by atoms with Gasteiger partial charge >= 0.3 is 5.97 Å². The van der Waals surface area contributed by atoms with Crippen LogP contribution in [0.2, 0.25) is 0 Å². The highest BCUT2D eigenvalue weighted by atomic mass is 16.5. The summed E-state index contributed by atoms with van der Waals surface area (Å²) in [5.41, 5.74) is 7.97. The summed E-state index contributed by atoms with van der Waals surface area (Å²) in [7, 11) is 1.34. The van der Waals surface area contributed by atoms with Crippen LogP contribution in [-0.4, -0.2) is 46.0 Å². The van der Waals surface area contributed by atoms with Gasteiger partial charge in [-0.05, 0) is 32.0 Å². The van der Waals surface area contributed by atoms with Crippen LogP contribution < -0.4 is 11.1 Å². The van der Waals surface area contributed by atoms with Crippen LogP contribution in [0.15, 0.2) is 36.7 Å². The van der Waals surface area contributed by atoms with Crippen LogP contribution in [0.25, 0.3) is 22.3 Å². The molecule has 0 spiro atoms. The number of hydrogen-bond acceptors (Lipinski definition) is 6. The average molecular weight is 367 g/mol. The first-order valence-corrected chi connectivity index (χ1v) is 8.37. The van der Waals surface area contributed by atoms with Crippen LogP contribution in [0, 0.1) is 0 Å². The number of H-pyrrole nitrogens is 1. The van der Waals surface area contributed by atoms with Crippen molar-refractivity contribution >= 4 is 22.8 Å². The molecule has 0 aliphatic rings. The second-order valence-electron chi connectivity index (χ2n) is 6.94. The summed E-state index contributed by atoms with van der Waals surface area (Å²) in [6.45, 7) is 3.96. The monoisotopic (exact) mass is 367 g/mol. The number of nitrogens with zero attached hydrogens (tertiary/aromatic N) is 2. The van der Waals surface area contributed by atoms with Crippen LogP contribution >= 0.6 is 0 Å². The molecule has 140 valence electrons. The first-order chi connectivity index (χ1) is 12.8. The Labute approximate surface area is 156 Å². The Morgan fingerprint density at radius 1 is 1.26 bits per heavy atom. The molecule has 0 bridgehead atoms. The van der Waals surface area contributed by atoms with E-state index in [0.29, 0.717) is 23.5 Å². The summed E-state index contributed by atoms with van der Waals surface area (Å²) >= 11 is 0. The molecule has 2 aromatic heterocycles. The number of rotatable bonds is 5. The molecule has 0 radical (unpaired) electrons. The lowest BCUT2D eigenvalue weighted by Crippen LogP contribution is -2.45. The zero-order valence-electron chi connectivity index (χ0n) is 15.4. The number of ether oxygens (including phenoxy) is 1. The average Bonchev–Trinajstić information content (AvgIpc) is 3.08. The number of hydrogen-bond donors (Lipinski definition) is 3. The smallest absolute Gasteiger partial charge is 0.337 e. The number of nitrogens with one attached hydrogen (secondary N) is 2. The van der Waals surface area contributed by atoms with Gasteiger partial charge in [0.2, 0.25) is 0 Å². The zero-order valence-corrected chi connectivity index (χ0v) is 15.4. The first-order valence-electron chi connectivity index (χ1n) is 8.37. The zero-order chi connectivity index (χ0) is 19.6. The van der Waals surface area contributed by atoms with Gasteiger partial charge in [-0.1, -0.05) is 6.07 Å². The Bertz CT molecular complexity index is 1000. The van der Waals surface area contributed by atoms with E-state index in [1.165, 1.54) is 13.3 Å². The molecule has 0 atom stereocenters. The number of amides is 1. The molecule has 4 N–H and O–H groups in total. The summed E-state index contributed by atoms with van der Waals surface area (Å²) < 4.78 is 4.74. The van der Waals surface area contributed by atoms with Crippen molar-refractivity contribution in [3.63, 3.8) is 0 Å². The van der Waals surface area contributed by atoms with Gasteiger partial charge in [0, 0.05) is 23.0 Å². The van der Waals surface area contributed by atoms with Gasteiger partial charge in [0.25, 0.3) is 5.91 Å². The number of carbonyl (C=O) groups excluding carboxylic acids is 2. The van der Waals surface area contributed by atoms with E-state index in [0.717, 1.165) is 10.9 Å². The van der Waals surface area contributed by atoms with Gasteiger partial charge in [-0.15, -0.1) is 0 Å². The quantitative estimate of drug-likeness (QED) is 0.592. The van der Waals surface area contributed by atoms with Crippen molar-refractivity contribution in [2.75, 3.05) is 13.7 Å².